The number of rotatable bonds is 7. The summed E-state index contributed by atoms with van der Waals surface area (Å²) in [6.07, 6.45) is 1.09. The smallest absolute Gasteiger partial charge is 0.266 e. The van der Waals surface area contributed by atoms with Crippen LogP contribution in [0.25, 0.3) is 0 Å². The Morgan fingerprint density at radius 2 is 2.06 bits per heavy atom. The zero-order valence-electron chi connectivity index (χ0n) is 16.9. The second kappa shape index (κ2) is 8.69. The van der Waals surface area contributed by atoms with Crippen LogP contribution in [0, 0.1) is 0 Å². The molecule has 1 atom stereocenters. The Hall–Kier alpha value is -2.89. The van der Waals surface area contributed by atoms with Gasteiger partial charge in [-0.15, -0.1) is 0 Å². The number of hydrogen-bond donors (Lipinski definition) is 1. The van der Waals surface area contributed by atoms with Crippen molar-refractivity contribution in [3.63, 3.8) is 0 Å². The third-order valence-electron chi connectivity index (χ3n) is 4.95. The third-order valence-corrected chi connectivity index (χ3v) is 7.49. The number of ether oxygens (including phenoxy) is 3. The van der Waals surface area contributed by atoms with Crippen LogP contribution in [-0.4, -0.2) is 43.7 Å². The molecule has 0 radical (unpaired) electrons. The predicted molar refractivity (Wildman–Crippen MR) is 114 cm³/mol. The highest BCUT2D eigenvalue weighted by molar-refractivity contribution is 7.93. The molecule has 0 amide bonds. The number of nitrogens with zero attached hydrogens (tertiary/aromatic N) is 3. The van der Waals surface area contributed by atoms with E-state index in [4.69, 9.17) is 14.2 Å². The van der Waals surface area contributed by atoms with E-state index in [1.807, 2.05) is 0 Å². The number of methoxy groups -OCH3 is 2. The molecule has 2 aromatic carbocycles. The van der Waals surface area contributed by atoms with Gasteiger partial charge < -0.3 is 19.3 Å². The standard InChI is InChI=1S/C20H21N3O6S2/c1-27-14-4-3-13(18(9-14)28-2)11-23(20-21-12-22-30-20)31(25,26)15-5-6-16-17(24)7-8-29-19(16)10-15/h3-6,9-10,12,17,24H,7-8,11H2,1-2H3. The molecular weight excluding hydrogens is 442 g/mol. The molecule has 9 nitrogen and oxygen atoms in total. The summed E-state index contributed by atoms with van der Waals surface area (Å²) in [5, 5.41) is 10.3. The maximum Gasteiger partial charge on any atom is 0.266 e. The van der Waals surface area contributed by atoms with Gasteiger partial charge >= 0.3 is 0 Å². The molecule has 1 aromatic heterocycles. The lowest BCUT2D eigenvalue weighted by atomic mass is 10.0. The number of aliphatic hydroxyl groups is 1. The van der Waals surface area contributed by atoms with Crippen molar-refractivity contribution in [2.75, 3.05) is 25.1 Å². The Morgan fingerprint density at radius 1 is 1.23 bits per heavy atom. The lowest BCUT2D eigenvalue weighted by Gasteiger charge is -2.25. The van der Waals surface area contributed by atoms with Crippen LogP contribution in [0.3, 0.4) is 0 Å². The van der Waals surface area contributed by atoms with Crippen LogP contribution in [0.1, 0.15) is 23.7 Å². The normalized spacial score (nSPS) is 15.6. The van der Waals surface area contributed by atoms with Crippen molar-refractivity contribution < 1.29 is 27.7 Å². The largest absolute Gasteiger partial charge is 0.497 e. The van der Waals surface area contributed by atoms with E-state index in [-0.39, 0.29) is 16.6 Å². The summed E-state index contributed by atoms with van der Waals surface area (Å²) in [5.41, 5.74) is 1.20. The number of aliphatic hydroxyl groups excluding tert-OH is 1. The van der Waals surface area contributed by atoms with Crippen molar-refractivity contribution in [1.82, 2.24) is 9.36 Å². The molecule has 2 heterocycles. The van der Waals surface area contributed by atoms with Gasteiger partial charge in [0.15, 0.2) is 0 Å². The van der Waals surface area contributed by atoms with Gasteiger partial charge in [0.2, 0.25) is 5.13 Å². The van der Waals surface area contributed by atoms with Crippen LogP contribution < -0.4 is 18.5 Å². The van der Waals surface area contributed by atoms with Crippen LogP contribution >= 0.6 is 11.5 Å². The van der Waals surface area contributed by atoms with Crippen LogP contribution in [0.5, 0.6) is 17.2 Å². The molecule has 0 saturated carbocycles. The first-order valence-electron chi connectivity index (χ1n) is 9.39. The fourth-order valence-corrected chi connectivity index (χ4v) is 5.45. The van der Waals surface area contributed by atoms with Gasteiger partial charge in [0.05, 0.1) is 38.4 Å². The van der Waals surface area contributed by atoms with Gasteiger partial charge in [0, 0.05) is 41.2 Å². The van der Waals surface area contributed by atoms with E-state index in [9.17, 15) is 13.5 Å². The zero-order valence-corrected chi connectivity index (χ0v) is 18.5. The second-order valence-electron chi connectivity index (χ2n) is 6.77. The summed E-state index contributed by atoms with van der Waals surface area (Å²) in [5.74, 6) is 1.44. The zero-order chi connectivity index (χ0) is 22.0. The molecule has 1 aliphatic heterocycles. The van der Waals surface area contributed by atoms with Gasteiger partial charge in [-0.1, -0.05) is 6.07 Å². The molecule has 0 bridgehead atoms. The molecule has 0 fully saturated rings. The van der Waals surface area contributed by atoms with Gasteiger partial charge in [-0.25, -0.2) is 17.7 Å². The molecule has 1 aliphatic rings. The van der Waals surface area contributed by atoms with Gasteiger partial charge in [-0.3, -0.25) is 0 Å². The van der Waals surface area contributed by atoms with Gasteiger partial charge in [0.25, 0.3) is 10.0 Å². The average Bonchev–Trinajstić information content (AvgIpc) is 3.31. The van der Waals surface area contributed by atoms with Crippen molar-refractivity contribution in [3.05, 3.63) is 53.9 Å². The first-order valence-corrected chi connectivity index (χ1v) is 11.6. The van der Waals surface area contributed by atoms with Crippen molar-refractivity contribution in [3.8, 4) is 17.2 Å². The number of anilines is 1. The minimum absolute atomic E-state index is 0.0226. The minimum Gasteiger partial charge on any atom is -0.497 e. The lowest BCUT2D eigenvalue weighted by Crippen LogP contribution is -2.31. The highest BCUT2D eigenvalue weighted by Gasteiger charge is 2.30. The monoisotopic (exact) mass is 463 g/mol. The van der Waals surface area contributed by atoms with Gasteiger partial charge in [-0.2, -0.15) is 4.37 Å². The number of hydrogen-bond acceptors (Lipinski definition) is 9. The fraction of sp³-hybridized carbons (Fsp3) is 0.300. The quantitative estimate of drug-likeness (QED) is 0.569. The molecule has 0 saturated heterocycles. The highest BCUT2D eigenvalue weighted by Crippen LogP contribution is 2.36. The van der Waals surface area contributed by atoms with Crippen LogP contribution in [0.2, 0.25) is 0 Å². The molecule has 1 N–H and O–H groups in total. The maximum atomic E-state index is 13.6. The number of fused-ring (bicyclic) bond motifs is 1. The summed E-state index contributed by atoms with van der Waals surface area (Å²) < 4.78 is 48.6. The van der Waals surface area contributed by atoms with Crippen LogP contribution in [0.15, 0.2) is 47.6 Å². The van der Waals surface area contributed by atoms with Crippen molar-refractivity contribution >= 4 is 26.7 Å². The molecule has 31 heavy (non-hydrogen) atoms. The van der Waals surface area contributed by atoms with E-state index >= 15 is 0 Å². The Balaban J connectivity index is 1.75. The average molecular weight is 464 g/mol. The topological polar surface area (TPSA) is 111 Å². The Morgan fingerprint density at radius 3 is 2.77 bits per heavy atom. The molecule has 4 rings (SSSR count). The van der Waals surface area contributed by atoms with Gasteiger partial charge in [-0.05, 0) is 18.2 Å². The summed E-state index contributed by atoms with van der Waals surface area (Å²) in [6.45, 7) is 0.298. The summed E-state index contributed by atoms with van der Waals surface area (Å²) in [6, 6.07) is 9.65. The summed E-state index contributed by atoms with van der Waals surface area (Å²) >= 11 is 0.971. The number of aromatic nitrogens is 2. The molecule has 11 heteroatoms. The molecule has 164 valence electrons. The second-order valence-corrected chi connectivity index (χ2v) is 9.39. The molecule has 0 aliphatic carbocycles. The minimum atomic E-state index is -4.02. The summed E-state index contributed by atoms with van der Waals surface area (Å²) in [7, 11) is -0.970. The number of sulfonamides is 1. The van der Waals surface area contributed by atoms with Crippen molar-refractivity contribution in [2.24, 2.45) is 0 Å². The lowest BCUT2D eigenvalue weighted by molar-refractivity contribution is 0.115. The van der Waals surface area contributed by atoms with E-state index in [1.54, 1.807) is 31.4 Å². The van der Waals surface area contributed by atoms with Gasteiger partial charge in [0.1, 0.15) is 23.6 Å². The van der Waals surface area contributed by atoms with E-state index in [2.05, 4.69) is 9.36 Å². The maximum absolute atomic E-state index is 13.6. The number of benzene rings is 2. The van der Waals surface area contributed by atoms with Crippen LogP contribution in [0.4, 0.5) is 5.13 Å². The van der Waals surface area contributed by atoms with E-state index in [1.165, 1.54) is 29.9 Å². The molecule has 0 spiro atoms. The van der Waals surface area contributed by atoms with E-state index < -0.39 is 16.1 Å². The highest BCUT2D eigenvalue weighted by atomic mass is 32.2. The third kappa shape index (κ3) is 4.16. The Labute approximate surface area is 184 Å². The first kappa shape index (κ1) is 21.3. The molecule has 1 unspecified atom stereocenters. The molecular formula is C20H21N3O6S2. The first-order chi connectivity index (χ1) is 14.9. The van der Waals surface area contributed by atoms with Crippen LogP contribution in [-0.2, 0) is 16.6 Å². The fourth-order valence-electron chi connectivity index (χ4n) is 3.31. The van der Waals surface area contributed by atoms with Crippen molar-refractivity contribution in [2.45, 2.75) is 24.0 Å². The Bertz CT molecular complexity index is 1170. The van der Waals surface area contributed by atoms with Crippen molar-refractivity contribution in [1.29, 1.82) is 0 Å². The van der Waals surface area contributed by atoms with E-state index in [0.29, 0.717) is 41.4 Å². The SMILES string of the molecule is COc1ccc(CN(c2ncns2)S(=O)(=O)c2ccc3c(c2)OCCC3O)c(OC)c1. The summed E-state index contributed by atoms with van der Waals surface area (Å²) in [4.78, 5) is 4.14. The molecule has 3 aromatic rings. The Kier molecular flexibility index (Phi) is 5.99. The predicted octanol–water partition coefficient (Wildman–Crippen LogP) is 2.77. The van der Waals surface area contributed by atoms with E-state index in [0.717, 1.165) is 11.5 Å².